The fourth-order valence-corrected chi connectivity index (χ4v) is 5.28. The molecule has 0 aromatic carbocycles. The number of nitrogens with zero attached hydrogens (tertiary/aromatic N) is 1. The molecule has 0 aliphatic heterocycles. The Bertz CT molecular complexity index is 1410. The second-order valence-corrected chi connectivity index (χ2v) is 15.6. The summed E-state index contributed by atoms with van der Waals surface area (Å²) in [5.74, 6) is -2.50. The number of aliphatic carboxylic acids is 1. The predicted octanol–water partition coefficient (Wildman–Crippen LogP) is 10.9. The van der Waals surface area contributed by atoms with E-state index in [0.717, 1.165) is 89.9 Å². The van der Waals surface area contributed by atoms with E-state index in [0.29, 0.717) is 23.9 Å². The van der Waals surface area contributed by atoms with Crippen LogP contribution in [0.2, 0.25) is 0 Å². The third-order valence-electron chi connectivity index (χ3n) is 8.74. The van der Waals surface area contributed by atoms with E-state index in [1.165, 1.54) is 0 Å². The van der Waals surface area contributed by atoms with E-state index in [1.54, 1.807) is 6.08 Å². The molecule has 0 radical (unpaired) electrons. The fourth-order valence-electron chi connectivity index (χ4n) is 5.28. The zero-order valence-corrected chi connectivity index (χ0v) is 38.5. The van der Waals surface area contributed by atoms with Crippen LogP contribution in [0, 0.1) is 0 Å². The topological polar surface area (TPSA) is 111 Å². The van der Waals surface area contributed by atoms with Crippen LogP contribution >= 0.6 is 0 Å². The van der Waals surface area contributed by atoms with Crippen LogP contribution in [0.15, 0.2) is 122 Å². The van der Waals surface area contributed by atoms with Crippen molar-refractivity contribution >= 4 is 17.9 Å². The number of quaternary nitrogens is 1. The molecule has 0 spiro atoms. The van der Waals surface area contributed by atoms with Gasteiger partial charge in [0.25, 0.3) is 0 Å². The monoisotopic (exact) mass is 848 g/mol. The summed E-state index contributed by atoms with van der Waals surface area (Å²) in [5.41, 5.74) is 0. The van der Waals surface area contributed by atoms with Crippen molar-refractivity contribution in [2.24, 2.45) is 0 Å². The van der Waals surface area contributed by atoms with Crippen LogP contribution in [0.4, 0.5) is 0 Å². The number of esters is 2. The third kappa shape index (κ3) is 43.6. The normalized spacial score (nSPS) is 14.0. The Hall–Kier alpha value is -4.31. The minimum Gasteiger partial charge on any atom is -0.545 e. The second-order valence-electron chi connectivity index (χ2n) is 15.6. The van der Waals surface area contributed by atoms with E-state index in [2.05, 4.69) is 117 Å². The number of rotatable bonds is 39. The lowest BCUT2D eigenvalue weighted by molar-refractivity contribution is -0.870. The van der Waals surface area contributed by atoms with Crippen molar-refractivity contribution in [2.75, 3.05) is 47.5 Å². The van der Waals surface area contributed by atoms with Crippen molar-refractivity contribution < 1.29 is 42.9 Å². The summed E-state index contributed by atoms with van der Waals surface area (Å²) in [4.78, 5) is 36.9. The fraction of sp³-hybridized carbons (Fsp3) is 0.558. The lowest BCUT2D eigenvalue weighted by atomic mass is 10.1. The highest BCUT2D eigenvalue weighted by Gasteiger charge is 2.21. The molecule has 2 atom stereocenters. The first-order valence-corrected chi connectivity index (χ1v) is 22.7. The Morgan fingerprint density at radius 3 is 1.39 bits per heavy atom. The molecule has 9 heteroatoms. The largest absolute Gasteiger partial charge is 0.545 e. The summed E-state index contributed by atoms with van der Waals surface area (Å²) >= 11 is 0. The lowest BCUT2D eigenvalue weighted by Gasteiger charge is -2.26. The number of hydrogen-bond donors (Lipinski definition) is 0. The van der Waals surface area contributed by atoms with Gasteiger partial charge in [-0.25, -0.2) is 0 Å². The van der Waals surface area contributed by atoms with Crippen LogP contribution in [0.5, 0.6) is 0 Å². The Labute approximate surface area is 370 Å². The number of carboxylic acids is 1. The van der Waals surface area contributed by atoms with Crippen LogP contribution in [-0.4, -0.2) is 82.3 Å². The van der Waals surface area contributed by atoms with E-state index in [4.69, 9.17) is 18.9 Å². The summed E-state index contributed by atoms with van der Waals surface area (Å²) in [5, 5.41) is 11.7. The number of carbonyl (C=O) groups is 3. The number of unbranched alkanes of at least 4 members (excludes halogenated alkanes) is 5. The van der Waals surface area contributed by atoms with Gasteiger partial charge in [-0.05, 0) is 83.5 Å². The van der Waals surface area contributed by atoms with Crippen molar-refractivity contribution in [2.45, 2.75) is 142 Å². The summed E-state index contributed by atoms with van der Waals surface area (Å²) < 4.78 is 22.4. The molecule has 0 aliphatic rings. The van der Waals surface area contributed by atoms with Crippen LogP contribution in [-0.2, 0) is 33.3 Å². The minimum absolute atomic E-state index is 0.0476. The van der Waals surface area contributed by atoms with Crippen molar-refractivity contribution in [3.8, 4) is 0 Å². The molecule has 61 heavy (non-hydrogen) atoms. The van der Waals surface area contributed by atoms with Gasteiger partial charge in [0.1, 0.15) is 13.2 Å². The van der Waals surface area contributed by atoms with Gasteiger partial charge in [-0.2, -0.15) is 0 Å². The molecule has 9 nitrogen and oxygen atoms in total. The molecular weight excluding hydrogens is 767 g/mol. The Morgan fingerprint density at radius 1 is 0.508 bits per heavy atom. The summed E-state index contributed by atoms with van der Waals surface area (Å²) in [6.45, 7) is 4.33. The minimum atomic E-state index is -1.65. The highest BCUT2D eigenvalue weighted by atomic mass is 16.7. The molecule has 0 aromatic rings. The highest BCUT2D eigenvalue weighted by molar-refractivity contribution is 5.71. The number of carbonyl (C=O) groups excluding carboxylic acids is 3. The van der Waals surface area contributed by atoms with Gasteiger partial charge in [0.05, 0.1) is 46.7 Å². The van der Waals surface area contributed by atoms with Crippen molar-refractivity contribution in [1.29, 1.82) is 0 Å². The smallest absolute Gasteiger partial charge is 0.309 e. The molecule has 0 saturated heterocycles. The molecular formula is C52H81NO8. The van der Waals surface area contributed by atoms with Crippen molar-refractivity contribution in [3.63, 3.8) is 0 Å². The Morgan fingerprint density at radius 2 is 0.934 bits per heavy atom. The van der Waals surface area contributed by atoms with Crippen LogP contribution in [0.1, 0.15) is 129 Å². The molecule has 0 rings (SSSR count). The number of ether oxygens (including phenoxy) is 4. The third-order valence-corrected chi connectivity index (χ3v) is 8.74. The number of carboxylic acid groups (broad SMARTS) is 1. The summed E-state index contributed by atoms with van der Waals surface area (Å²) in [6.07, 6.45) is 55.5. The van der Waals surface area contributed by atoms with Gasteiger partial charge < -0.3 is 33.3 Å². The highest BCUT2D eigenvalue weighted by Crippen LogP contribution is 2.11. The molecule has 342 valence electrons. The maximum atomic E-state index is 12.8. The molecule has 0 N–H and O–H groups in total. The van der Waals surface area contributed by atoms with Gasteiger partial charge in [-0.3, -0.25) is 9.59 Å². The van der Waals surface area contributed by atoms with E-state index in [9.17, 15) is 19.5 Å². The summed E-state index contributed by atoms with van der Waals surface area (Å²) in [7, 11) is 5.86. The molecule has 0 aromatic heterocycles. The van der Waals surface area contributed by atoms with Gasteiger partial charge in [-0.15, -0.1) is 0 Å². The maximum absolute atomic E-state index is 12.8. The van der Waals surface area contributed by atoms with Gasteiger partial charge in [0.15, 0.2) is 12.4 Å². The average Bonchev–Trinajstić information content (AvgIpc) is 3.22. The molecule has 0 aliphatic carbocycles. The zero-order valence-electron chi connectivity index (χ0n) is 38.5. The van der Waals surface area contributed by atoms with Crippen molar-refractivity contribution in [3.05, 3.63) is 122 Å². The van der Waals surface area contributed by atoms with Gasteiger partial charge in [0, 0.05) is 6.42 Å². The van der Waals surface area contributed by atoms with E-state index in [-0.39, 0.29) is 32.7 Å². The summed E-state index contributed by atoms with van der Waals surface area (Å²) in [6, 6.07) is 0. The molecule has 0 fully saturated rings. The number of hydrogen-bond acceptors (Lipinski definition) is 8. The lowest BCUT2D eigenvalue weighted by Crippen LogP contribution is -2.44. The molecule has 2 unspecified atom stereocenters. The Kier molecular flexibility index (Phi) is 39.4. The Balaban J connectivity index is 4.60. The molecule has 0 amide bonds. The predicted molar refractivity (Wildman–Crippen MR) is 250 cm³/mol. The maximum Gasteiger partial charge on any atom is 0.309 e. The SMILES string of the molecule is CC/C=C\C/C=C\C/C=C\C/C=C\C/C=C\CCCCCCCC(=O)OC(COC(=O)C/C=C\C/C=C\C/C=C\C/C=C\C/C=C\CC)COC(OCC[N+](C)(C)C)C(=O)[O-]. The van der Waals surface area contributed by atoms with E-state index < -0.39 is 30.3 Å². The standard InChI is InChI=1S/C52H81NO8/c1-6-8-10-12-14-16-18-20-22-23-24-25-26-27-29-31-33-35-37-39-41-43-50(55)61-48(47-60-52(51(56)57)58-45-44-53(3,4)5)46-59-49(54)42-40-38-36-34-32-30-28-21-19-17-15-13-11-9-7-2/h8-11,14-17,20-22,24-25,27-29,32,34,38,40,48,52H,6-7,12-13,18-19,23,26,30-31,33,35-37,39,41-47H2,1-5H3/b10-8-,11-9-,16-14-,17-15-,22-20-,25-24-,28-21-,29-27-,34-32-,40-38-. The quantitative estimate of drug-likeness (QED) is 0.0198. The van der Waals surface area contributed by atoms with Gasteiger partial charge >= 0.3 is 11.9 Å². The molecule has 0 saturated carbocycles. The van der Waals surface area contributed by atoms with Gasteiger partial charge in [-0.1, -0.05) is 155 Å². The number of likely N-dealkylation sites (N-methyl/N-ethyl adjacent to an activating group) is 1. The van der Waals surface area contributed by atoms with E-state index >= 15 is 0 Å². The first-order valence-electron chi connectivity index (χ1n) is 22.7. The van der Waals surface area contributed by atoms with Crippen LogP contribution < -0.4 is 5.11 Å². The van der Waals surface area contributed by atoms with Crippen LogP contribution in [0.3, 0.4) is 0 Å². The van der Waals surface area contributed by atoms with Crippen LogP contribution in [0.25, 0.3) is 0 Å². The average molecular weight is 848 g/mol. The first kappa shape index (κ1) is 56.7. The van der Waals surface area contributed by atoms with Crippen molar-refractivity contribution in [1.82, 2.24) is 0 Å². The first-order chi connectivity index (χ1) is 29.6. The number of allylic oxidation sites excluding steroid dienone is 19. The van der Waals surface area contributed by atoms with E-state index in [1.807, 2.05) is 33.3 Å². The van der Waals surface area contributed by atoms with Gasteiger partial charge in [0.2, 0.25) is 0 Å². The molecule has 0 bridgehead atoms. The molecule has 0 heterocycles. The second kappa shape index (κ2) is 42.4. The zero-order chi connectivity index (χ0) is 44.9.